The number of aliphatic carboxylic acids is 1. The summed E-state index contributed by atoms with van der Waals surface area (Å²) in [6.07, 6.45) is 1.23. The Morgan fingerprint density at radius 1 is 1.48 bits per heavy atom. The fourth-order valence-electron chi connectivity index (χ4n) is 1.54. The summed E-state index contributed by atoms with van der Waals surface area (Å²) in [4.78, 5) is 12.0. The van der Waals surface area contributed by atoms with Crippen molar-refractivity contribution >= 4 is 12.0 Å². The average Bonchev–Trinajstić information content (AvgIpc) is 2.44. The van der Waals surface area contributed by atoms with Crippen molar-refractivity contribution in [1.29, 1.82) is 5.26 Å². The van der Waals surface area contributed by atoms with Gasteiger partial charge in [-0.15, -0.1) is 0 Å². The van der Waals surface area contributed by atoms with Crippen LogP contribution >= 0.6 is 0 Å². The molecule has 0 saturated heterocycles. The van der Waals surface area contributed by atoms with Gasteiger partial charge in [-0.2, -0.15) is 5.26 Å². The van der Waals surface area contributed by atoms with Crippen molar-refractivity contribution < 1.29 is 24.3 Å². The summed E-state index contributed by atoms with van der Waals surface area (Å²) in [6.45, 7) is 1.25. The number of nitriles is 1. The summed E-state index contributed by atoms with van der Waals surface area (Å²) in [5.41, 5.74) is 0.0357. The smallest absolute Gasteiger partial charge is 0.137 e. The van der Waals surface area contributed by atoms with Gasteiger partial charge in [-0.1, -0.05) is 0 Å². The molecular formula is C15H18N2O4. The van der Waals surface area contributed by atoms with Gasteiger partial charge in [0.1, 0.15) is 30.7 Å². The van der Waals surface area contributed by atoms with Crippen LogP contribution in [-0.4, -0.2) is 40.3 Å². The second-order valence-electron chi connectivity index (χ2n) is 4.67. The van der Waals surface area contributed by atoms with E-state index in [2.05, 4.69) is 0 Å². The molecule has 0 atom stereocenters. The van der Waals surface area contributed by atoms with Crippen LogP contribution in [0.15, 0.2) is 23.8 Å². The highest BCUT2D eigenvalue weighted by molar-refractivity contribution is 5.95. The number of hydrogen-bond donors (Lipinski definition) is 1. The lowest BCUT2D eigenvalue weighted by Crippen LogP contribution is -3.06. The van der Waals surface area contributed by atoms with Gasteiger partial charge in [0.15, 0.2) is 0 Å². The maximum atomic E-state index is 10.8. The Morgan fingerprint density at radius 2 is 2.19 bits per heavy atom. The molecular weight excluding hydrogens is 272 g/mol. The molecule has 0 saturated carbocycles. The van der Waals surface area contributed by atoms with E-state index in [1.807, 2.05) is 14.1 Å². The zero-order valence-corrected chi connectivity index (χ0v) is 12.3. The van der Waals surface area contributed by atoms with Gasteiger partial charge in [0.25, 0.3) is 0 Å². The lowest BCUT2D eigenvalue weighted by atomic mass is 10.1. The van der Waals surface area contributed by atoms with Crippen LogP contribution in [0, 0.1) is 11.3 Å². The number of rotatable bonds is 7. The quantitative estimate of drug-likeness (QED) is 0.507. The topological polar surface area (TPSA) is 86.8 Å². The molecule has 0 amide bonds. The minimum Gasteiger partial charge on any atom is -0.544 e. The highest BCUT2D eigenvalue weighted by Crippen LogP contribution is 2.26. The van der Waals surface area contributed by atoms with Crippen molar-refractivity contribution in [2.75, 3.05) is 34.4 Å². The van der Waals surface area contributed by atoms with E-state index in [0.717, 1.165) is 6.54 Å². The van der Waals surface area contributed by atoms with Crippen molar-refractivity contribution in [3.05, 3.63) is 29.3 Å². The Bertz CT molecular complexity index is 574. The van der Waals surface area contributed by atoms with Gasteiger partial charge in [-0.25, -0.2) is 0 Å². The molecule has 0 aliphatic heterocycles. The summed E-state index contributed by atoms with van der Waals surface area (Å²) in [5, 5.41) is 19.6. The number of benzene rings is 1. The number of carboxylic acids is 1. The Labute approximate surface area is 123 Å². The van der Waals surface area contributed by atoms with Crippen LogP contribution in [0.4, 0.5) is 0 Å². The molecule has 0 heterocycles. The van der Waals surface area contributed by atoms with E-state index in [1.165, 1.54) is 18.1 Å². The molecule has 1 aromatic rings. The summed E-state index contributed by atoms with van der Waals surface area (Å²) < 4.78 is 10.8. The number of nitrogens with zero attached hydrogens (tertiary/aromatic N) is 1. The van der Waals surface area contributed by atoms with Gasteiger partial charge in [0.2, 0.25) is 0 Å². The SMILES string of the molecule is COc1ccc(/C=C(/C#N)C(=O)[O-])c(OCC[NH+](C)C)c1. The molecule has 0 aromatic heterocycles. The van der Waals surface area contributed by atoms with Crippen molar-refractivity contribution in [2.24, 2.45) is 0 Å². The Morgan fingerprint density at radius 3 is 2.71 bits per heavy atom. The number of methoxy groups -OCH3 is 1. The molecule has 112 valence electrons. The van der Waals surface area contributed by atoms with Crippen LogP contribution < -0.4 is 19.5 Å². The van der Waals surface area contributed by atoms with Crippen LogP contribution in [0.2, 0.25) is 0 Å². The normalized spacial score (nSPS) is 11.1. The minimum atomic E-state index is -1.52. The first-order valence-electron chi connectivity index (χ1n) is 6.41. The molecule has 0 radical (unpaired) electrons. The molecule has 0 spiro atoms. The maximum Gasteiger partial charge on any atom is 0.137 e. The van der Waals surface area contributed by atoms with Crippen molar-refractivity contribution in [2.45, 2.75) is 0 Å². The number of ether oxygens (including phenoxy) is 2. The van der Waals surface area contributed by atoms with E-state index in [4.69, 9.17) is 14.7 Å². The number of hydrogen-bond acceptors (Lipinski definition) is 5. The van der Waals surface area contributed by atoms with E-state index < -0.39 is 11.5 Å². The summed E-state index contributed by atoms with van der Waals surface area (Å²) in [5.74, 6) is -0.465. The Kier molecular flexibility index (Phi) is 6.24. The van der Waals surface area contributed by atoms with Crippen molar-refractivity contribution in [3.63, 3.8) is 0 Å². The number of likely N-dealkylation sites (N-methyl/N-ethyl adjacent to an activating group) is 1. The van der Waals surface area contributed by atoms with Gasteiger partial charge >= 0.3 is 0 Å². The standard InChI is InChI=1S/C15H18N2O4/c1-17(2)6-7-21-14-9-13(20-3)5-4-11(14)8-12(10-16)15(18)19/h4-5,8-9H,6-7H2,1-3H3,(H,18,19)/b12-8-. The van der Waals surface area contributed by atoms with Crippen LogP contribution in [0.3, 0.4) is 0 Å². The summed E-state index contributed by atoms with van der Waals surface area (Å²) in [7, 11) is 5.53. The van der Waals surface area contributed by atoms with Crippen LogP contribution in [0.5, 0.6) is 11.5 Å². The molecule has 0 aliphatic rings. The number of quaternary nitrogens is 1. The second-order valence-corrected chi connectivity index (χ2v) is 4.67. The Balaban J connectivity index is 3.07. The molecule has 0 bridgehead atoms. The third-order valence-electron chi connectivity index (χ3n) is 2.72. The van der Waals surface area contributed by atoms with Gasteiger partial charge in [-0.3, -0.25) is 0 Å². The number of carboxylic acid groups (broad SMARTS) is 1. The van der Waals surface area contributed by atoms with Crippen molar-refractivity contribution in [1.82, 2.24) is 0 Å². The maximum absolute atomic E-state index is 10.8. The minimum absolute atomic E-state index is 0.455. The van der Waals surface area contributed by atoms with Crippen LogP contribution in [-0.2, 0) is 4.79 Å². The first-order chi connectivity index (χ1) is 9.97. The molecule has 6 nitrogen and oxygen atoms in total. The lowest BCUT2D eigenvalue weighted by molar-refractivity contribution is -0.858. The molecule has 0 fully saturated rings. The van der Waals surface area contributed by atoms with E-state index in [-0.39, 0.29) is 0 Å². The number of carbonyl (C=O) groups is 1. The molecule has 0 aliphatic carbocycles. The average molecular weight is 290 g/mol. The van der Waals surface area contributed by atoms with Gasteiger partial charge in [0.05, 0.1) is 32.7 Å². The molecule has 21 heavy (non-hydrogen) atoms. The first-order valence-corrected chi connectivity index (χ1v) is 6.41. The summed E-state index contributed by atoms with van der Waals surface area (Å²) in [6, 6.07) is 6.54. The predicted octanol–water partition coefficient (Wildman–Crippen LogP) is -1.12. The third-order valence-corrected chi connectivity index (χ3v) is 2.72. The molecule has 1 N–H and O–H groups in total. The van der Waals surface area contributed by atoms with E-state index in [9.17, 15) is 9.90 Å². The largest absolute Gasteiger partial charge is 0.544 e. The van der Waals surface area contributed by atoms with E-state index in [0.29, 0.717) is 23.7 Å². The third kappa shape index (κ3) is 5.16. The highest BCUT2D eigenvalue weighted by atomic mass is 16.5. The number of nitrogens with one attached hydrogen (secondary N) is 1. The Hall–Kier alpha value is -2.52. The zero-order valence-electron chi connectivity index (χ0n) is 12.3. The molecule has 1 aromatic carbocycles. The predicted molar refractivity (Wildman–Crippen MR) is 74.8 cm³/mol. The van der Waals surface area contributed by atoms with Crippen LogP contribution in [0.25, 0.3) is 6.08 Å². The van der Waals surface area contributed by atoms with Gasteiger partial charge < -0.3 is 24.3 Å². The molecule has 1 rings (SSSR count). The fraction of sp³-hybridized carbons (Fsp3) is 0.333. The van der Waals surface area contributed by atoms with Crippen LogP contribution in [0.1, 0.15) is 5.56 Å². The van der Waals surface area contributed by atoms with E-state index >= 15 is 0 Å². The highest BCUT2D eigenvalue weighted by Gasteiger charge is 2.07. The summed E-state index contributed by atoms with van der Waals surface area (Å²) >= 11 is 0. The van der Waals surface area contributed by atoms with Gasteiger partial charge in [0, 0.05) is 11.6 Å². The lowest BCUT2D eigenvalue weighted by Gasteiger charge is -2.13. The van der Waals surface area contributed by atoms with Gasteiger partial charge in [-0.05, 0) is 18.2 Å². The monoisotopic (exact) mass is 290 g/mol. The zero-order chi connectivity index (χ0) is 15.8. The molecule has 0 unspecified atom stereocenters. The second kappa shape index (κ2) is 7.92. The van der Waals surface area contributed by atoms with E-state index in [1.54, 1.807) is 24.3 Å². The number of carbonyl (C=O) groups excluding carboxylic acids is 1. The first kappa shape index (κ1) is 16.5. The van der Waals surface area contributed by atoms with Crippen molar-refractivity contribution in [3.8, 4) is 17.6 Å². The molecule has 6 heteroatoms. The fourth-order valence-corrected chi connectivity index (χ4v) is 1.54.